The van der Waals surface area contributed by atoms with Gasteiger partial charge in [0, 0.05) is 6.42 Å². The second-order valence-corrected chi connectivity index (χ2v) is 3.29. The first kappa shape index (κ1) is 12.5. The Labute approximate surface area is 80.2 Å². The molecule has 8 heteroatoms. The average molecular weight is 240 g/mol. The smallest absolute Gasteiger partial charge is 0.373 e. The van der Waals surface area contributed by atoms with Gasteiger partial charge in [0.25, 0.3) is 5.67 Å². The molecule has 0 N–H and O–H groups in total. The Morgan fingerprint density at radius 1 is 0.933 bits per heavy atom. The topological polar surface area (TPSA) is 12.5 Å². The molecule has 0 bridgehead atoms. The number of halogens is 7. The van der Waals surface area contributed by atoms with Crippen LogP contribution in [0.5, 0.6) is 0 Å². The van der Waals surface area contributed by atoms with Gasteiger partial charge in [0.15, 0.2) is 0 Å². The lowest BCUT2D eigenvalue weighted by Gasteiger charge is -2.29. The van der Waals surface area contributed by atoms with Gasteiger partial charge in [0.1, 0.15) is 0 Å². The van der Waals surface area contributed by atoms with E-state index >= 15 is 0 Å². The highest BCUT2D eigenvalue weighted by Crippen LogP contribution is 2.49. The van der Waals surface area contributed by atoms with Crippen LogP contribution in [0.1, 0.15) is 12.8 Å². The first-order valence-corrected chi connectivity index (χ1v) is 4.02. The van der Waals surface area contributed by atoms with Crippen LogP contribution >= 0.6 is 0 Å². The summed E-state index contributed by atoms with van der Waals surface area (Å²) in [4.78, 5) is 0. The maximum atomic E-state index is 12.9. The van der Waals surface area contributed by atoms with Crippen molar-refractivity contribution in [3.8, 4) is 0 Å². The lowest BCUT2D eigenvalue weighted by molar-refractivity contribution is -0.343. The summed E-state index contributed by atoms with van der Waals surface area (Å²) in [7, 11) is 0. The number of hydrogen-bond donors (Lipinski definition) is 0. The average Bonchev–Trinajstić information content (AvgIpc) is 2.78. The standard InChI is InChI=1S/C7H7F7O/c8-5(6(9,10)11,7(12,13)14)2-1-4-3-15-4/h4H,1-3H2. The lowest BCUT2D eigenvalue weighted by atomic mass is 9.97. The summed E-state index contributed by atoms with van der Waals surface area (Å²) in [6, 6.07) is 0. The van der Waals surface area contributed by atoms with Gasteiger partial charge >= 0.3 is 12.4 Å². The van der Waals surface area contributed by atoms with Gasteiger partial charge in [-0.2, -0.15) is 26.3 Å². The molecule has 0 spiro atoms. The summed E-state index contributed by atoms with van der Waals surface area (Å²) in [6.07, 6.45) is -14.8. The molecule has 1 atom stereocenters. The number of epoxide rings is 1. The minimum atomic E-state index is -5.94. The molecular weight excluding hydrogens is 233 g/mol. The molecule has 0 amide bonds. The lowest BCUT2D eigenvalue weighted by Crippen LogP contribution is -2.53. The number of rotatable bonds is 3. The van der Waals surface area contributed by atoms with Crippen LogP contribution in [-0.4, -0.2) is 30.7 Å². The summed E-state index contributed by atoms with van der Waals surface area (Å²) in [5.74, 6) is 0. The van der Waals surface area contributed by atoms with Crippen molar-refractivity contribution in [1.82, 2.24) is 0 Å². The summed E-state index contributed by atoms with van der Waals surface area (Å²) in [6.45, 7) is 0.0891. The Kier molecular flexibility index (Phi) is 2.92. The Morgan fingerprint density at radius 2 is 1.33 bits per heavy atom. The molecule has 1 fully saturated rings. The van der Waals surface area contributed by atoms with E-state index in [0.29, 0.717) is 0 Å². The second-order valence-electron chi connectivity index (χ2n) is 3.29. The number of ether oxygens (including phenoxy) is 1. The number of hydrogen-bond acceptors (Lipinski definition) is 1. The van der Waals surface area contributed by atoms with Crippen LogP contribution in [0.4, 0.5) is 30.7 Å². The van der Waals surface area contributed by atoms with Crippen molar-refractivity contribution < 1.29 is 35.5 Å². The summed E-state index contributed by atoms with van der Waals surface area (Å²) >= 11 is 0. The summed E-state index contributed by atoms with van der Waals surface area (Å²) in [5.41, 5.74) is -5.13. The van der Waals surface area contributed by atoms with E-state index in [1.54, 1.807) is 0 Å². The highest BCUT2D eigenvalue weighted by molar-refractivity contribution is 4.95. The zero-order valence-electron chi connectivity index (χ0n) is 7.25. The molecule has 0 radical (unpaired) electrons. The Bertz CT molecular complexity index is 212. The molecule has 0 aliphatic carbocycles. The summed E-state index contributed by atoms with van der Waals surface area (Å²) < 4.78 is 88.9. The molecule has 1 nitrogen and oxygen atoms in total. The molecule has 0 aromatic rings. The molecule has 15 heavy (non-hydrogen) atoms. The summed E-state index contributed by atoms with van der Waals surface area (Å²) in [5, 5.41) is 0. The van der Waals surface area contributed by atoms with Crippen molar-refractivity contribution in [3.05, 3.63) is 0 Å². The minimum Gasteiger partial charge on any atom is -0.373 e. The Hall–Kier alpha value is -0.530. The molecule has 1 heterocycles. The van der Waals surface area contributed by atoms with Gasteiger partial charge in [-0.05, 0) is 6.42 Å². The first-order valence-electron chi connectivity index (χ1n) is 4.02. The van der Waals surface area contributed by atoms with E-state index in [-0.39, 0.29) is 6.61 Å². The fourth-order valence-corrected chi connectivity index (χ4v) is 1.04. The van der Waals surface area contributed by atoms with Crippen LogP contribution in [0.15, 0.2) is 0 Å². The van der Waals surface area contributed by atoms with Crippen LogP contribution in [0.2, 0.25) is 0 Å². The third-order valence-corrected chi connectivity index (χ3v) is 2.11. The van der Waals surface area contributed by atoms with Crippen LogP contribution < -0.4 is 0 Å². The van der Waals surface area contributed by atoms with Gasteiger partial charge in [-0.15, -0.1) is 0 Å². The van der Waals surface area contributed by atoms with Crippen molar-refractivity contribution in [2.75, 3.05) is 6.61 Å². The van der Waals surface area contributed by atoms with Gasteiger partial charge in [-0.25, -0.2) is 4.39 Å². The van der Waals surface area contributed by atoms with E-state index in [1.165, 1.54) is 0 Å². The fourth-order valence-electron chi connectivity index (χ4n) is 1.04. The molecule has 90 valence electrons. The van der Waals surface area contributed by atoms with Crippen molar-refractivity contribution in [2.24, 2.45) is 0 Å². The molecule has 1 saturated heterocycles. The molecule has 0 saturated carbocycles. The van der Waals surface area contributed by atoms with E-state index in [4.69, 9.17) is 0 Å². The van der Waals surface area contributed by atoms with Crippen LogP contribution in [-0.2, 0) is 4.74 Å². The molecule has 1 rings (SSSR count). The van der Waals surface area contributed by atoms with Crippen molar-refractivity contribution in [1.29, 1.82) is 0 Å². The highest BCUT2D eigenvalue weighted by Gasteiger charge is 2.72. The van der Waals surface area contributed by atoms with Gasteiger partial charge in [0.2, 0.25) is 0 Å². The van der Waals surface area contributed by atoms with Gasteiger partial charge in [-0.3, -0.25) is 0 Å². The van der Waals surface area contributed by atoms with Gasteiger partial charge < -0.3 is 4.74 Å². The minimum absolute atomic E-state index is 0.0891. The maximum absolute atomic E-state index is 12.9. The predicted octanol–water partition coefficient (Wildman–Crippen LogP) is 3.00. The Morgan fingerprint density at radius 3 is 1.60 bits per heavy atom. The van der Waals surface area contributed by atoms with Crippen LogP contribution in [0.3, 0.4) is 0 Å². The normalized spacial score (nSPS) is 23.0. The quantitative estimate of drug-likeness (QED) is 0.545. The molecule has 0 aromatic heterocycles. The van der Waals surface area contributed by atoms with Crippen molar-refractivity contribution in [3.63, 3.8) is 0 Å². The SMILES string of the molecule is FC(F)(F)C(F)(CCC1CO1)C(F)(F)F. The zero-order chi connectivity index (χ0) is 11.9. The Balaban J connectivity index is 2.75. The fraction of sp³-hybridized carbons (Fsp3) is 1.00. The molecule has 1 aliphatic rings. The molecule has 1 aliphatic heterocycles. The molecular formula is C7H7F7O. The monoisotopic (exact) mass is 240 g/mol. The number of alkyl halides is 7. The van der Waals surface area contributed by atoms with E-state index in [9.17, 15) is 30.7 Å². The third-order valence-electron chi connectivity index (χ3n) is 2.11. The van der Waals surface area contributed by atoms with Gasteiger partial charge in [-0.1, -0.05) is 0 Å². The van der Waals surface area contributed by atoms with Crippen LogP contribution in [0, 0.1) is 0 Å². The van der Waals surface area contributed by atoms with Gasteiger partial charge in [0.05, 0.1) is 12.7 Å². The maximum Gasteiger partial charge on any atom is 0.431 e. The van der Waals surface area contributed by atoms with Crippen molar-refractivity contribution in [2.45, 2.75) is 37.0 Å². The van der Waals surface area contributed by atoms with Crippen LogP contribution in [0.25, 0.3) is 0 Å². The highest BCUT2D eigenvalue weighted by atomic mass is 19.4. The van der Waals surface area contributed by atoms with E-state index in [2.05, 4.69) is 4.74 Å². The largest absolute Gasteiger partial charge is 0.431 e. The van der Waals surface area contributed by atoms with E-state index in [1.807, 2.05) is 0 Å². The predicted molar refractivity (Wildman–Crippen MR) is 34.9 cm³/mol. The first-order chi connectivity index (χ1) is 6.58. The van der Waals surface area contributed by atoms with E-state index < -0.39 is 37.0 Å². The third kappa shape index (κ3) is 2.53. The zero-order valence-corrected chi connectivity index (χ0v) is 7.25. The van der Waals surface area contributed by atoms with Crippen molar-refractivity contribution >= 4 is 0 Å². The molecule has 1 unspecified atom stereocenters. The molecule has 0 aromatic carbocycles. The van der Waals surface area contributed by atoms with E-state index in [0.717, 1.165) is 0 Å². The second kappa shape index (κ2) is 3.50.